The number of hydrogen-bond acceptors (Lipinski definition) is 15. The average Bonchev–Trinajstić information content (AvgIpc) is 1.09. The van der Waals surface area contributed by atoms with Crippen molar-refractivity contribution >= 4 is 39.5 Å². The molecular formula is C79H154O17P2. The molecule has 0 aromatic heterocycles. The predicted octanol–water partition coefficient (Wildman–Crippen LogP) is 23.6. The highest BCUT2D eigenvalue weighted by Gasteiger charge is 2.30. The summed E-state index contributed by atoms with van der Waals surface area (Å²) < 4.78 is 68.6. The van der Waals surface area contributed by atoms with E-state index in [9.17, 15) is 43.2 Å². The molecule has 0 fully saturated rings. The van der Waals surface area contributed by atoms with Crippen LogP contribution >= 0.6 is 15.6 Å². The molecule has 0 aliphatic carbocycles. The fourth-order valence-corrected chi connectivity index (χ4v) is 13.8. The maximum atomic E-state index is 13.1. The van der Waals surface area contributed by atoms with E-state index in [1.807, 2.05) is 0 Å². The molecule has 5 atom stereocenters. The molecule has 0 aliphatic heterocycles. The van der Waals surface area contributed by atoms with Crippen molar-refractivity contribution in [1.29, 1.82) is 0 Å². The molecule has 19 heteroatoms. The van der Waals surface area contributed by atoms with Gasteiger partial charge >= 0.3 is 39.5 Å². The summed E-state index contributed by atoms with van der Waals surface area (Å²) in [6.07, 6.45) is 62.4. The zero-order valence-corrected chi connectivity index (χ0v) is 65.7. The first-order valence-corrected chi connectivity index (χ1v) is 44.1. The minimum absolute atomic E-state index is 0.107. The van der Waals surface area contributed by atoms with E-state index < -0.39 is 97.5 Å². The van der Waals surface area contributed by atoms with Gasteiger partial charge in [-0.15, -0.1) is 0 Å². The summed E-state index contributed by atoms with van der Waals surface area (Å²) in [7, 11) is -9.91. The highest BCUT2D eigenvalue weighted by Crippen LogP contribution is 2.45. The van der Waals surface area contributed by atoms with Gasteiger partial charge in [-0.2, -0.15) is 0 Å². The van der Waals surface area contributed by atoms with Gasteiger partial charge in [0.05, 0.1) is 26.4 Å². The maximum Gasteiger partial charge on any atom is 0.472 e. The van der Waals surface area contributed by atoms with Gasteiger partial charge in [0, 0.05) is 25.7 Å². The van der Waals surface area contributed by atoms with Crippen molar-refractivity contribution in [2.24, 2.45) is 5.92 Å². The number of ether oxygens (including phenoxy) is 4. The van der Waals surface area contributed by atoms with E-state index in [4.69, 9.17) is 37.0 Å². The highest BCUT2D eigenvalue weighted by molar-refractivity contribution is 7.47. The number of hydrogen-bond donors (Lipinski definition) is 3. The number of rotatable bonds is 79. The Hall–Kier alpha value is -1.94. The summed E-state index contributed by atoms with van der Waals surface area (Å²) in [5, 5.41) is 10.6. The Bertz CT molecular complexity index is 1870. The van der Waals surface area contributed by atoms with Crippen LogP contribution < -0.4 is 0 Å². The highest BCUT2D eigenvalue weighted by atomic mass is 31.2. The Balaban J connectivity index is 5.21. The van der Waals surface area contributed by atoms with Crippen molar-refractivity contribution < 1.29 is 80.2 Å². The van der Waals surface area contributed by atoms with Crippen molar-refractivity contribution in [3.05, 3.63) is 0 Å². The smallest absolute Gasteiger partial charge is 0.462 e. The lowest BCUT2D eigenvalue weighted by molar-refractivity contribution is -0.161. The number of phosphoric acid groups is 2. The number of esters is 4. The predicted molar refractivity (Wildman–Crippen MR) is 400 cm³/mol. The quantitative estimate of drug-likeness (QED) is 0.0222. The Morgan fingerprint density at radius 3 is 0.694 bits per heavy atom. The Kier molecular flexibility index (Phi) is 70.6. The van der Waals surface area contributed by atoms with Gasteiger partial charge in [0.1, 0.15) is 19.3 Å². The standard InChI is InChI=1S/C79H154O17P2/c1-6-9-12-15-18-21-24-25-26-27-28-29-30-31-36-40-45-50-55-60-65-79(84)96-75(69-90-77(82)63-58-53-48-43-39-35-33-32-34-38-41-46-51-56-61-72(4)5)71-94-98(87,88)92-67-73(80)66-91-97(85,86)93-70-74(68-89-76(81)62-57-52-47-42-23-20-17-14-11-8-3)95-78(83)64-59-54-49-44-37-22-19-16-13-10-7-2/h72-75,80H,6-71H2,1-5H3,(H,85,86)(H,87,88)/t73-,74+,75+/m0/s1. The molecule has 2 unspecified atom stereocenters. The third-order valence-electron chi connectivity index (χ3n) is 18.5. The van der Waals surface area contributed by atoms with Crippen molar-refractivity contribution in [3.8, 4) is 0 Å². The van der Waals surface area contributed by atoms with Gasteiger partial charge in [0.2, 0.25) is 0 Å². The fraction of sp³-hybridized carbons (Fsp3) is 0.949. The van der Waals surface area contributed by atoms with Gasteiger partial charge in [0.25, 0.3) is 0 Å². The van der Waals surface area contributed by atoms with Crippen LogP contribution in [-0.4, -0.2) is 96.7 Å². The van der Waals surface area contributed by atoms with Gasteiger partial charge in [-0.3, -0.25) is 37.3 Å². The van der Waals surface area contributed by atoms with E-state index in [1.165, 1.54) is 244 Å². The van der Waals surface area contributed by atoms with E-state index in [1.54, 1.807) is 0 Å². The Labute approximate surface area is 600 Å². The van der Waals surface area contributed by atoms with Gasteiger partial charge in [-0.05, 0) is 31.6 Å². The van der Waals surface area contributed by atoms with Crippen molar-refractivity contribution in [2.45, 2.75) is 438 Å². The monoisotopic (exact) mass is 1440 g/mol. The minimum Gasteiger partial charge on any atom is -0.462 e. The molecule has 0 aliphatic rings. The van der Waals surface area contributed by atoms with Crippen LogP contribution in [0.3, 0.4) is 0 Å². The summed E-state index contributed by atoms with van der Waals surface area (Å²) in [6, 6.07) is 0. The van der Waals surface area contributed by atoms with Crippen LogP contribution in [-0.2, 0) is 65.4 Å². The fourth-order valence-electron chi connectivity index (χ4n) is 12.2. The molecule has 0 heterocycles. The first kappa shape index (κ1) is 96.1. The molecule has 17 nitrogen and oxygen atoms in total. The van der Waals surface area contributed by atoms with Crippen LogP contribution in [0, 0.1) is 5.92 Å². The van der Waals surface area contributed by atoms with Crippen LogP contribution in [0.4, 0.5) is 0 Å². The number of carbonyl (C=O) groups excluding carboxylic acids is 4. The molecule has 0 amide bonds. The van der Waals surface area contributed by atoms with E-state index in [0.29, 0.717) is 25.7 Å². The third kappa shape index (κ3) is 72.4. The first-order valence-electron chi connectivity index (χ1n) is 41.1. The second kappa shape index (κ2) is 72.0. The van der Waals surface area contributed by atoms with Crippen LogP contribution in [0.2, 0.25) is 0 Å². The zero-order valence-electron chi connectivity index (χ0n) is 63.9. The molecular weight excluding hydrogens is 1280 g/mol. The molecule has 0 aromatic carbocycles. The van der Waals surface area contributed by atoms with Crippen LogP contribution in [0.5, 0.6) is 0 Å². The molecule has 3 N–H and O–H groups in total. The first-order chi connectivity index (χ1) is 47.5. The normalized spacial score (nSPS) is 13.9. The molecule has 0 rings (SSSR count). The molecule has 0 saturated heterocycles. The lowest BCUT2D eigenvalue weighted by Gasteiger charge is -2.21. The zero-order chi connectivity index (χ0) is 71.9. The summed E-state index contributed by atoms with van der Waals surface area (Å²) >= 11 is 0. The topological polar surface area (TPSA) is 237 Å². The van der Waals surface area contributed by atoms with E-state index in [0.717, 1.165) is 95.8 Å². The second-order valence-corrected chi connectivity index (χ2v) is 31.8. The molecule has 582 valence electrons. The van der Waals surface area contributed by atoms with Gasteiger partial charge in [0.15, 0.2) is 12.2 Å². The Morgan fingerprint density at radius 2 is 0.469 bits per heavy atom. The summed E-state index contributed by atoms with van der Waals surface area (Å²) in [5.74, 6) is -1.31. The van der Waals surface area contributed by atoms with E-state index >= 15 is 0 Å². The minimum atomic E-state index is -4.96. The SMILES string of the molecule is CCCCCCCCCCCCCCCCCCCCCCC(=O)O[C@H](COC(=O)CCCCCCCCCCCCCCCCC(C)C)COP(=O)(O)OC[C@@H](O)COP(=O)(O)OC[C@@H](COC(=O)CCCCCCCCCCCC)OC(=O)CCCCCCCCCCCCC. The number of aliphatic hydroxyl groups is 1. The van der Waals surface area contributed by atoms with Crippen LogP contribution in [0.1, 0.15) is 420 Å². The number of phosphoric ester groups is 2. The van der Waals surface area contributed by atoms with Gasteiger partial charge in [-0.25, -0.2) is 9.13 Å². The van der Waals surface area contributed by atoms with Crippen molar-refractivity contribution in [2.75, 3.05) is 39.6 Å². The number of aliphatic hydroxyl groups excluding tert-OH is 1. The molecule has 0 aromatic rings. The van der Waals surface area contributed by atoms with Gasteiger partial charge < -0.3 is 33.8 Å². The van der Waals surface area contributed by atoms with Crippen LogP contribution in [0.25, 0.3) is 0 Å². The second-order valence-electron chi connectivity index (χ2n) is 28.9. The lowest BCUT2D eigenvalue weighted by Crippen LogP contribution is -2.30. The van der Waals surface area contributed by atoms with Gasteiger partial charge in [-0.1, -0.05) is 369 Å². The lowest BCUT2D eigenvalue weighted by atomic mass is 10.0. The molecule has 0 spiro atoms. The van der Waals surface area contributed by atoms with E-state index in [2.05, 4.69) is 34.6 Å². The number of unbranched alkanes of at least 4 members (excludes halogenated alkanes) is 51. The number of carbonyl (C=O) groups is 4. The largest absolute Gasteiger partial charge is 0.472 e. The van der Waals surface area contributed by atoms with E-state index in [-0.39, 0.29) is 25.7 Å². The maximum absolute atomic E-state index is 13.1. The molecule has 0 radical (unpaired) electrons. The summed E-state index contributed by atoms with van der Waals surface area (Å²) in [6.45, 7) is 7.33. The molecule has 98 heavy (non-hydrogen) atoms. The molecule has 0 saturated carbocycles. The molecule has 0 bridgehead atoms. The third-order valence-corrected chi connectivity index (χ3v) is 20.4. The van der Waals surface area contributed by atoms with Crippen LogP contribution in [0.15, 0.2) is 0 Å². The van der Waals surface area contributed by atoms with Crippen molar-refractivity contribution in [3.63, 3.8) is 0 Å². The summed E-state index contributed by atoms with van der Waals surface area (Å²) in [5.41, 5.74) is 0. The van der Waals surface area contributed by atoms with Crippen molar-refractivity contribution in [1.82, 2.24) is 0 Å². The average molecular weight is 1440 g/mol. The summed E-state index contributed by atoms with van der Waals surface area (Å²) in [4.78, 5) is 72.9. The Morgan fingerprint density at radius 1 is 0.276 bits per heavy atom.